The van der Waals surface area contributed by atoms with E-state index in [4.69, 9.17) is 4.74 Å². The summed E-state index contributed by atoms with van der Waals surface area (Å²) in [5.41, 5.74) is 2.15. The summed E-state index contributed by atoms with van der Waals surface area (Å²) in [6.45, 7) is 7.59. The quantitative estimate of drug-likeness (QED) is 0.896. The van der Waals surface area contributed by atoms with Gasteiger partial charge < -0.3 is 19.9 Å². The number of hydrogen-bond acceptors (Lipinski definition) is 4. The fourth-order valence-corrected chi connectivity index (χ4v) is 3.16. The van der Waals surface area contributed by atoms with E-state index in [1.165, 1.54) is 0 Å². The van der Waals surface area contributed by atoms with E-state index in [2.05, 4.69) is 21.3 Å². The molecule has 26 heavy (non-hydrogen) atoms. The lowest BCUT2D eigenvalue weighted by Crippen LogP contribution is -2.52. The fourth-order valence-electron chi connectivity index (χ4n) is 3.16. The molecule has 1 aliphatic rings. The molecule has 138 valence electrons. The molecule has 0 spiro atoms. The molecule has 1 aromatic carbocycles. The number of urea groups is 1. The largest absolute Gasteiger partial charge is 0.492 e. The number of ether oxygens (including phenoxy) is 1. The van der Waals surface area contributed by atoms with Gasteiger partial charge in [-0.15, -0.1) is 0 Å². The molecule has 1 N–H and O–H groups in total. The number of anilines is 1. The molecule has 1 aliphatic heterocycles. The topological polar surface area (TPSA) is 57.7 Å². The highest BCUT2D eigenvalue weighted by Gasteiger charge is 2.23. The molecule has 0 radical (unpaired) electrons. The van der Waals surface area contributed by atoms with Gasteiger partial charge in [0.1, 0.15) is 5.75 Å². The van der Waals surface area contributed by atoms with Crippen molar-refractivity contribution in [3.63, 3.8) is 0 Å². The van der Waals surface area contributed by atoms with Crippen molar-refractivity contribution in [2.24, 2.45) is 0 Å². The van der Waals surface area contributed by atoms with Crippen molar-refractivity contribution >= 4 is 11.7 Å². The van der Waals surface area contributed by atoms with E-state index in [9.17, 15) is 4.79 Å². The molecule has 6 nitrogen and oxygen atoms in total. The Bertz CT molecular complexity index is 715. The van der Waals surface area contributed by atoms with Gasteiger partial charge in [-0.05, 0) is 43.7 Å². The Kier molecular flexibility index (Phi) is 5.94. The molecule has 1 fully saturated rings. The Morgan fingerprint density at radius 3 is 2.54 bits per heavy atom. The number of piperazine rings is 1. The van der Waals surface area contributed by atoms with Crippen LogP contribution < -0.4 is 15.0 Å². The number of pyridine rings is 1. The molecular formula is C20H26N4O2. The van der Waals surface area contributed by atoms with E-state index in [-0.39, 0.29) is 12.1 Å². The summed E-state index contributed by atoms with van der Waals surface area (Å²) in [4.78, 5) is 20.7. The van der Waals surface area contributed by atoms with Crippen LogP contribution in [0.1, 0.15) is 25.5 Å². The highest BCUT2D eigenvalue weighted by atomic mass is 16.5. The van der Waals surface area contributed by atoms with Crippen LogP contribution in [0.15, 0.2) is 48.8 Å². The first-order valence-electron chi connectivity index (χ1n) is 9.11. The average molecular weight is 354 g/mol. The van der Waals surface area contributed by atoms with Gasteiger partial charge in [-0.3, -0.25) is 4.98 Å². The number of nitrogens with zero attached hydrogens (tertiary/aromatic N) is 3. The van der Waals surface area contributed by atoms with Gasteiger partial charge in [0.05, 0.1) is 18.3 Å². The highest BCUT2D eigenvalue weighted by molar-refractivity contribution is 5.75. The second-order valence-electron chi connectivity index (χ2n) is 6.33. The van der Waals surface area contributed by atoms with Crippen LogP contribution in [0.5, 0.6) is 5.75 Å². The number of hydrogen-bond donors (Lipinski definition) is 1. The van der Waals surface area contributed by atoms with E-state index >= 15 is 0 Å². The Hall–Kier alpha value is -2.76. The van der Waals surface area contributed by atoms with Crippen molar-refractivity contribution in [1.29, 1.82) is 0 Å². The van der Waals surface area contributed by atoms with Crippen molar-refractivity contribution in [3.05, 3.63) is 54.4 Å². The maximum Gasteiger partial charge on any atom is 0.317 e. The van der Waals surface area contributed by atoms with Gasteiger partial charge in [-0.1, -0.05) is 12.1 Å². The third-order valence-electron chi connectivity index (χ3n) is 4.62. The summed E-state index contributed by atoms with van der Waals surface area (Å²) in [6.07, 6.45) is 3.49. The van der Waals surface area contributed by atoms with Gasteiger partial charge in [0, 0.05) is 38.6 Å². The minimum absolute atomic E-state index is 0.0212. The molecule has 2 aromatic rings. The number of aromatic nitrogens is 1. The first-order chi connectivity index (χ1) is 12.7. The van der Waals surface area contributed by atoms with E-state index in [0.29, 0.717) is 19.7 Å². The lowest BCUT2D eigenvalue weighted by molar-refractivity contribution is 0.191. The van der Waals surface area contributed by atoms with Crippen molar-refractivity contribution in [2.75, 3.05) is 37.7 Å². The molecule has 1 atom stereocenters. The van der Waals surface area contributed by atoms with E-state index in [1.54, 1.807) is 12.4 Å². The average Bonchev–Trinajstić information content (AvgIpc) is 2.69. The molecule has 1 saturated heterocycles. The number of carbonyl (C=O) groups is 1. The van der Waals surface area contributed by atoms with Crippen LogP contribution in [0.4, 0.5) is 10.5 Å². The van der Waals surface area contributed by atoms with E-state index < -0.39 is 0 Å². The van der Waals surface area contributed by atoms with Gasteiger partial charge >= 0.3 is 6.03 Å². The Labute approximate surface area is 154 Å². The van der Waals surface area contributed by atoms with Gasteiger partial charge in [0.25, 0.3) is 0 Å². The van der Waals surface area contributed by atoms with Crippen molar-refractivity contribution in [3.8, 4) is 5.75 Å². The first kappa shape index (κ1) is 18.0. The summed E-state index contributed by atoms with van der Waals surface area (Å²) >= 11 is 0. The molecule has 0 saturated carbocycles. The maximum absolute atomic E-state index is 12.6. The normalized spacial score (nSPS) is 15.5. The van der Waals surface area contributed by atoms with E-state index in [1.807, 2.05) is 49.1 Å². The predicted molar refractivity (Wildman–Crippen MR) is 103 cm³/mol. The van der Waals surface area contributed by atoms with Crippen LogP contribution in [0.25, 0.3) is 0 Å². The second kappa shape index (κ2) is 8.56. The number of rotatable bonds is 5. The Morgan fingerprint density at radius 2 is 1.85 bits per heavy atom. The van der Waals surface area contributed by atoms with Crippen molar-refractivity contribution < 1.29 is 9.53 Å². The Balaban J connectivity index is 1.56. The van der Waals surface area contributed by atoms with Crippen LogP contribution in [0.3, 0.4) is 0 Å². The minimum atomic E-state index is -0.0396. The van der Waals surface area contributed by atoms with Gasteiger partial charge in [0.2, 0.25) is 0 Å². The first-order valence-corrected chi connectivity index (χ1v) is 9.11. The summed E-state index contributed by atoms with van der Waals surface area (Å²) in [5.74, 6) is 0.902. The minimum Gasteiger partial charge on any atom is -0.492 e. The lowest BCUT2D eigenvalue weighted by Gasteiger charge is -2.37. The third kappa shape index (κ3) is 4.25. The molecule has 2 amide bonds. The number of carbonyl (C=O) groups excluding carboxylic acids is 1. The van der Waals surface area contributed by atoms with Crippen molar-refractivity contribution in [1.82, 2.24) is 15.2 Å². The summed E-state index contributed by atoms with van der Waals surface area (Å²) in [6, 6.07) is 11.9. The zero-order valence-electron chi connectivity index (χ0n) is 15.4. The lowest BCUT2D eigenvalue weighted by atomic mass is 10.1. The van der Waals surface area contributed by atoms with Gasteiger partial charge in [-0.25, -0.2) is 4.79 Å². The zero-order chi connectivity index (χ0) is 18.4. The van der Waals surface area contributed by atoms with Crippen LogP contribution in [-0.2, 0) is 0 Å². The number of nitrogens with one attached hydrogen (secondary N) is 1. The molecule has 6 heteroatoms. The Morgan fingerprint density at radius 1 is 1.15 bits per heavy atom. The number of amides is 2. The van der Waals surface area contributed by atoms with Crippen LogP contribution in [0, 0.1) is 0 Å². The summed E-state index contributed by atoms with van der Waals surface area (Å²) < 4.78 is 5.73. The van der Waals surface area contributed by atoms with Crippen LogP contribution in [-0.4, -0.2) is 48.7 Å². The van der Waals surface area contributed by atoms with Gasteiger partial charge in [-0.2, -0.15) is 0 Å². The molecule has 0 unspecified atom stereocenters. The van der Waals surface area contributed by atoms with Crippen LogP contribution in [0.2, 0.25) is 0 Å². The number of para-hydroxylation sites is 2. The third-order valence-corrected chi connectivity index (χ3v) is 4.62. The number of benzene rings is 1. The van der Waals surface area contributed by atoms with E-state index in [0.717, 1.165) is 30.1 Å². The molecule has 0 aliphatic carbocycles. The second-order valence-corrected chi connectivity index (χ2v) is 6.33. The molecule has 0 bridgehead atoms. The van der Waals surface area contributed by atoms with Crippen molar-refractivity contribution in [2.45, 2.75) is 19.9 Å². The smallest absolute Gasteiger partial charge is 0.317 e. The van der Waals surface area contributed by atoms with Gasteiger partial charge in [0.15, 0.2) is 0 Å². The monoisotopic (exact) mass is 354 g/mol. The molecule has 1 aromatic heterocycles. The molecule has 3 rings (SSSR count). The molecule has 2 heterocycles. The molecular weight excluding hydrogens is 328 g/mol. The maximum atomic E-state index is 12.6. The predicted octanol–water partition coefficient (Wildman–Crippen LogP) is 3.07. The van der Waals surface area contributed by atoms with Crippen LogP contribution >= 0.6 is 0 Å². The SMILES string of the molecule is CCOc1ccccc1N1CCN(C(=O)N[C@H](C)c2ccncc2)CC1. The summed E-state index contributed by atoms with van der Waals surface area (Å²) in [7, 11) is 0. The zero-order valence-corrected chi connectivity index (χ0v) is 15.4. The fraction of sp³-hybridized carbons (Fsp3) is 0.400. The summed E-state index contributed by atoms with van der Waals surface area (Å²) in [5, 5.41) is 3.07. The standard InChI is InChI=1S/C20H26N4O2/c1-3-26-19-7-5-4-6-18(19)23-12-14-24(15-13-23)20(25)22-16(2)17-8-10-21-11-9-17/h4-11,16H,3,12-15H2,1-2H3,(H,22,25)/t16-/m1/s1. The highest BCUT2D eigenvalue weighted by Crippen LogP contribution is 2.28.